The van der Waals surface area contributed by atoms with Gasteiger partial charge in [0.15, 0.2) is 5.82 Å². The average Bonchev–Trinajstić information content (AvgIpc) is 3.23. The van der Waals surface area contributed by atoms with Gasteiger partial charge < -0.3 is 19.6 Å². The van der Waals surface area contributed by atoms with Gasteiger partial charge in [-0.15, -0.1) is 0 Å². The number of carbonyl (C=O) groups is 2. The minimum Gasteiger partial charge on any atom is -0.360 e. The third kappa shape index (κ3) is 4.97. The maximum Gasteiger partial charge on any atom is 0.256 e. The lowest BCUT2D eigenvalue weighted by atomic mass is 10.1. The van der Waals surface area contributed by atoms with Crippen molar-refractivity contribution in [1.82, 2.24) is 15.0 Å². The fourth-order valence-electron chi connectivity index (χ4n) is 3.83. The van der Waals surface area contributed by atoms with Crippen molar-refractivity contribution in [2.45, 2.75) is 6.92 Å². The van der Waals surface area contributed by atoms with E-state index in [0.717, 1.165) is 11.4 Å². The second-order valence-electron chi connectivity index (χ2n) is 7.85. The van der Waals surface area contributed by atoms with Crippen molar-refractivity contribution in [2.24, 2.45) is 0 Å². The summed E-state index contributed by atoms with van der Waals surface area (Å²) in [6, 6.07) is 19.3. The summed E-state index contributed by atoms with van der Waals surface area (Å²) < 4.78 is 4.97. The van der Waals surface area contributed by atoms with Crippen LogP contribution in [0.1, 0.15) is 16.1 Å². The number of piperazine rings is 1. The van der Waals surface area contributed by atoms with Crippen LogP contribution in [0.3, 0.4) is 0 Å². The van der Waals surface area contributed by atoms with E-state index in [4.69, 9.17) is 4.52 Å². The lowest BCUT2D eigenvalue weighted by molar-refractivity contribution is -0.117. The minimum absolute atomic E-state index is 0.00514. The molecule has 4 rings (SSSR count). The molecule has 32 heavy (non-hydrogen) atoms. The van der Waals surface area contributed by atoms with Crippen LogP contribution in [-0.2, 0) is 4.79 Å². The minimum atomic E-state index is -0.145. The summed E-state index contributed by atoms with van der Waals surface area (Å²) in [6.07, 6.45) is 0. The Morgan fingerprint density at radius 2 is 1.72 bits per heavy atom. The molecule has 0 bridgehead atoms. The number of hydrogen-bond acceptors (Lipinski definition) is 6. The molecule has 1 fully saturated rings. The van der Waals surface area contributed by atoms with Crippen molar-refractivity contribution >= 4 is 29.0 Å². The van der Waals surface area contributed by atoms with Crippen LogP contribution in [0.25, 0.3) is 0 Å². The highest BCUT2D eigenvalue weighted by atomic mass is 16.5. The third-order valence-electron chi connectivity index (χ3n) is 5.56. The topological polar surface area (TPSA) is 81.9 Å². The van der Waals surface area contributed by atoms with Crippen LogP contribution in [-0.4, -0.2) is 66.5 Å². The Bertz CT molecular complexity index is 1070. The Hall–Kier alpha value is -3.65. The van der Waals surface area contributed by atoms with E-state index in [0.29, 0.717) is 43.3 Å². The Morgan fingerprint density at radius 1 is 1.03 bits per heavy atom. The van der Waals surface area contributed by atoms with Crippen molar-refractivity contribution in [3.63, 3.8) is 0 Å². The Morgan fingerprint density at radius 3 is 2.41 bits per heavy atom. The van der Waals surface area contributed by atoms with Crippen LogP contribution in [0.2, 0.25) is 0 Å². The van der Waals surface area contributed by atoms with Gasteiger partial charge in [-0.3, -0.25) is 14.5 Å². The number of aromatic nitrogens is 1. The predicted octanol–water partition coefficient (Wildman–Crippen LogP) is 3.15. The molecule has 1 saturated heterocycles. The maximum absolute atomic E-state index is 13.3. The number of aryl methyl sites for hydroxylation is 1. The molecular weight excluding hydrogens is 406 g/mol. The molecule has 0 unspecified atom stereocenters. The zero-order chi connectivity index (χ0) is 22.5. The molecule has 1 N–H and O–H groups in total. The van der Waals surface area contributed by atoms with Crippen LogP contribution in [0, 0.1) is 6.92 Å². The highest BCUT2D eigenvalue weighted by molar-refractivity contribution is 6.00. The fourth-order valence-corrected chi connectivity index (χ4v) is 3.83. The number of carbonyl (C=O) groups excluding carboxylic acids is 2. The van der Waals surface area contributed by atoms with Gasteiger partial charge in [0.1, 0.15) is 5.76 Å². The normalized spacial score (nSPS) is 14.2. The monoisotopic (exact) mass is 433 g/mol. The summed E-state index contributed by atoms with van der Waals surface area (Å²) in [5.41, 5.74) is 2.56. The standard InChI is InChI=1S/C24H27N5O3/c1-18-16-22(26-32-18)25-23(30)17-28-12-14-29(15-13-28)24(31)20-10-6-7-11-21(20)27(2)19-8-4-3-5-9-19/h3-11,16H,12-15,17H2,1-2H3,(H,25,26,30). The molecule has 1 aliphatic rings. The molecule has 0 spiro atoms. The molecule has 2 aromatic carbocycles. The third-order valence-corrected chi connectivity index (χ3v) is 5.56. The Balaban J connectivity index is 1.36. The molecule has 166 valence electrons. The molecule has 2 heterocycles. The molecule has 0 radical (unpaired) electrons. The second kappa shape index (κ2) is 9.65. The number of hydrogen-bond donors (Lipinski definition) is 1. The first-order valence-electron chi connectivity index (χ1n) is 10.6. The van der Waals surface area contributed by atoms with Gasteiger partial charge in [0, 0.05) is 45.0 Å². The van der Waals surface area contributed by atoms with E-state index in [1.165, 1.54) is 0 Å². The molecule has 0 saturated carbocycles. The molecule has 3 aromatic rings. The Kier molecular flexibility index (Phi) is 6.51. The van der Waals surface area contributed by atoms with Gasteiger partial charge in [-0.25, -0.2) is 0 Å². The lowest BCUT2D eigenvalue weighted by Gasteiger charge is -2.35. The van der Waals surface area contributed by atoms with Gasteiger partial charge in [-0.1, -0.05) is 35.5 Å². The number of nitrogens with one attached hydrogen (secondary N) is 1. The smallest absolute Gasteiger partial charge is 0.256 e. The van der Waals surface area contributed by atoms with E-state index in [1.54, 1.807) is 13.0 Å². The van der Waals surface area contributed by atoms with Gasteiger partial charge in [0.05, 0.1) is 17.8 Å². The average molecular weight is 434 g/mol. The van der Waals surface area contributed by atoms with E-state index in [9.17, 15) is 9.59 Å². The van der Waals surface area contributed by atoms with E-state index < -0.39 is 0 Å². The first-order valence-corrected chi connectivity index (χ1v) is 10.6. The number of para-hydroxylation sites is 2. The number of nitrogens with zero attached hydrogens (tertiary/aromatic N) is 4. The largest absolute Gasteiger partial charge is 0.360 e. The zero-order valence-electron chi connectivity index (χ0n) is 18.3. The molecular formula is C24H27N5O3. The SMILES string of the molecule is Cc1cc(NC(=O)CN2CCN(C(=O)c3ccccc3N(C)c3ccccc3)CC2)no1. The summed E-state index contributed by atoms with van der Waals surface area (Å²) in [6.45, 7) is 4.43. The number of anilines is 3. The summed E-state index contributed by atoms with van der Waals surface area (Å²) in [5, 5.41) is 6.51. The molecule has 8 nitrogen and oxygen atoms in total. The second-order valence-corrected chi connectivity index (χ2v) is 7.85. The van der Waals surface area contributed by atoms with Crippen LogP contribution in [0.4, 0.5) is 17.2 Å². The lowest BCUT2D eigenvalue weighted by Crippen LogP contribution is -2.50. The zero-order valence-corrected chi connectivity index (χ0v) is 18.3. The van der Waals surface area contributed by atoms with E-state index in [2.05, 4.69) is 10.5 Å². The van der Waals surface area contributed by atoms with Crippen LogP contribution >= 0.6 is 0 Å². The first-order chi connectivity index (χ1) is 15.5. The number of benzene rings is 2. The van der Waals surface area contributed by atoms with Crippen molar-refractivity contribution in [3.05, 3.63) is 72.0 Å². The van der Waals surface area contributed by atoms with Crippen molar-refractivity contribution < 1.29 is 14.1 Å². The van der Waals surface area contributed by atoms with Gasteiger partial charge in [0.2, 0.25) is 5.91 Å². The predicted molar refractivity (Wildman–Crippen MR) is 123 cm³/mol. The first kappa shape index (κ1) is 21.6. The highest BCUT2D eigenvalue weighted by Crippen LogP contribution is 2.28. The van der Waals surface area contributed by atoms with Gasteiger partial charge in [-0.2, -0.15) is 0 Å². The van der Waals surface area contributed by atoms with Gasteiger partial charge in [0.25, 0.3) is 5.91 Å². The molecule has 1 aromatic heterocycles. The quantitative estimate of drug-likeness (QED) is 0.643. The van der Waals surface area contributed by atoms with E-state index in [-0.39, 0.29) is 18.4 Å². The van der Waals surface area contributed by atoms with E-state index >= 15 is 0 Å². The molecule has 8 heteroatoms. The molecule has 0 aliphatic carbocycles. The summed E-state index contributed by atoms with van der Waals surface area (Å²) in [7, 11) is 1.97. The summed E-state index contributed by atoms with van der Waals surface area (Å²) in [4.78, 5) is 31.5. The Labute approximate surface area is 187 Å². The summed E-state index contributed by atoms with van der Waals surface area (Å²) >= 11 is 0. The van der Waals surface area contributed by atoms with Crippen LogP contribution in [0.15, 0.2) is 65.2 Å². The number of amides is 2. The van der Waals surface area contributed by atoms with Crippen LogP contribution < -0.4 is 10.2 Å². The number of rotatable bonds is 6. The van der Waals surface area contributed by atoms with Crippen LogP contribution in [0.5, 0.6) is 0 Å². The molecule has 2 amide bonds. The van der Waals surface area contributed by atoms with E-state index in [1.807, 2.05) is 76.3 Å². The van der Waals surface area contributed by atoms with Crippen molar-refractivity contribution in [2.75, 3.05) is 50.0 Å². The molecule has 1 aliphatic heterocycles. The molecule has 0 atom stereocenters. The van der Waals surface area contributed by atoms with Gasteiger partial charge >= 0.3 is 0 Å². The fraction of sp³-hybridized carbons (Fsp3) is 0.292. The maximum atomic E-state index is 13.3. The van der Waals surface area contributed by atoms with Crippen molar-refractivity contribution in [1.29, 1.82) is 0 Å². The summed E-state index contributed by atoms with van der Waals surface area (Å²) in [5.74, 6) is 0.921. The van der Waals surface area contributed by atoms with Gasteiger partial charge in [-0.05, 0) is 31.2 Å². The highest BCUT2D eigenvalue weighted by Gasteiger charge is 2.25. The van der Waals surface area contributed by atoms with Crippen molar-refractivity contribution in [3.8, 4) is 0 Å².